The van der Waals surface area contributed by atoms with Crippen LogP contribution >= 0.6 is 11.6 Å². The van der Waals surface area contributed by atoms with Crippen molar-refractivity contribution in [1.29, 1.82) is 0 Å². The van der Waals surface area contributed by atoms with E-state index in [2.05, 4.69) is 88.7 Å². The Hall–Kier alpha value is -2.65. The summed E-state index contributed by atoms with van der Waals surface area (Å²) in [5.41, 5.74) is 5.55. The fourth-order valence-electron chi connectivity index (χ4n) is 5.51. The molecule has 1 fully saturated rings. The summed E-state index contributed by atoms with van der Waals surface area (Å²) in [6.07, 6.45) is 1.05. The second-order valence-corrected chi connectivity index (χ2v) is 9.27. The van der Waals surface area contributed by atoms with E-state index in [1.807, 2.05) is 12.1 Å². The zero-order valence-electron chi connectivity index (χ0n) is 18.0. The van der Waals surface area contributed by atoms with Crippen LogP contribution in [0.15, 0.2) is 91.0 Å². The molecule has 159 valence electrons. The number of halogens is 1. The summed E-state index contributed by atoms with van der Waals surface area (Å²) in [4.78, 5) is 5.24. The van der Waals surface area contributed by atoms with Crippen molar-refractivity contribution in [2.24, 2.45) is 0 Å². The number of piperazine rings is 1. The summed E-state index contributed by atoms with van der Waals surface area (Å²) < 4.78 is 0. The van der Waals surface area contributed by atoms with Crippen molar-refractivity contribution in [1.82, 2.24) is 9.80 Å². The molecular formula is C29H26ClN2. The molecule has 0 aromatic heterocycles. The van der Waals surface area contributed by atoms with Gasteiger partial charge in [-0.25, -0.2) is 0 Å². The van der Waals surface area contributed by atoms with Gasteiger partial charge in [-0.3, -0.25) is 9.80 Å². The molecule has 6 rings (SSSR count). The van der Waals surface area contributed by atoms with Gasteiger partial charge in [0.05, 0.1) is 12.1 Å². The number of hydrogen-bond acceptors (Lipinski definition) is 2. The number of nitrogens with zero attached hydrogens (tertiary/aromatic N) is 2. The van der Waals surface area contributed by atoms with E-state index in [0.29, 0.717) is 0 Å². The molecule has 3 heteroatoms. The highest BCUT2D eigenvalue weighted by Gasteiger charge is 2.34. The maximum absolute atomic E-state index is 6.19. The third-order valence-electron chi connectivity index (χ3n) is 7.02. The Bertz CT molecular complexity index is 1220. The Morgan fingerprint density at radius 3 is 2.09 bits per heavy atom. The minimum absolute atomic E-state index is 0.254. The highest BCUT2D eigenvalue weighted by molar-refractivity contribution is 6.30. The number of benzene rings is 4. The van der Waals surface area contributed by atoms with E-state index in [4.69, 9.17) is 11.6 Å². The average Bonchev–Trinajstić information content (AvgIpc) is 3.22. The lowest BCUT2D eigenvalue weighted by molar-refractivity contribution is 0.117. The molecule has 1 atom stereocenters. The summed E-state index contributed by atoms with van der Waals surface area (Å²) in [7, 11) is 0. The molecule has 1 radical (unpaired) electrons. The van der Waals surface area contributed by atoms with Crippen LogP contribution < -0.4 is 0 Å². The molecule has 0 saturated carbocycles. The zero-order valence-corrected chi connectivity index (χ0v) is 18.8. The largest absolute Gasteiger partial charge is 0.290 e. The first-order valence-electron chi connectivity index (χ1n) is 11.4. The quantitative estimate of drug-likeness (QED) is 0.367. The summed E-state index contributed by atoms with van der Waals surface area (Å²) in [6, 6.07) is 34.5. The second kappa shape index (κ2) is 8.37. The molecule has 1 aliphatic heterocycles. The zero-order chi connectivity index (χ0) is 21.5. The molecular weight excluding hydrogens is 412 g/mol. The van der Waals surface area contributed by atoms with E-state index in [0.717, 1.165) is 37.6 Å². The summed E-state index contributed by atoms with van der Waals surface area (Å²) in [5, 5.41) is 3.60. The fraction of sp³-hybridized carbons (Fsp3) is 0.207. The Kier molecular flexibility index (Phi) is 5.23. The van der Waals surface area contributed by atoms with Crippen LogP contribution in [-0.2, 0) is 6.42 Å². The van der Waals surface area contributed by atoms with Crippen LogP contribution in [0.1, 0.15) is 28.3 Å². The van der Waals surface area contributed by atoms with E-state index >= 15 is 0 Å². The monoisotopic (exact) mass is 437 g/mol. The van der Waals surface area contributed by atoms with Crippen molar-refractivity contribution in [2.75, 3.05) is 26.2 Å². The van der Waals surface area contributed by atoms with Crippen molar-refractivity contribution >= 4 is 22.4 Å². The molecule has 0 N–H and O–H groups in total. The smallest absolute Gasteiger partial charge is 0.0740 e. The molecule has 0 spiro atoms. The Balaban J connectivity index is 1.25. The first-order chi connectivity index (χ1) is 15.8. The van der Waals surface area contributed by atoms with Gasteiger partial charge in [0.25, 0.3) is 0 Å². The van der Waals surface area contributed by atoms with E-state index in [9.17, 15) is 0 Å². The highest BCUT2D eigenvalue weighted by Crippen LogP contribution is 2.40. The number of hydrogen-bond donors (Lipinski definition) is 0. The summed E-state index contributed by atoms with van der Waals surface area (Å²) in [5.74, 6) is 0. The first-order valence-corrected chi connectivity index (χ1v) is 11.8. The Morgan fingerprint density at radius 2 is 1.34 bits per heavy atom. The molecule has 32 heavy (non-hydrogen) atoms. The van der Waals surface area contributed by atoms with Crippen LogP contribution in [-0.4, -0.2) is 36.0 Å². The van der Waals surface area contributed by atoms with E-state index in [1.165, 1.54) is 39.1 Å². The van der Waals surface area contributed by atoms with E-state index < -0.39 is 0 Å². The van der Waals surface area contributed by atoms with Gasteiger partial charge in [0.1, 0.15) is 0 Å². The standard InChI is InChI=1S/C29H26ClN2/c30-25-14-12-23(13-15-25)29(22-6-2-1-3-7-22)32-18-16-31(17-19-32)27-20-24-10-4-8-21-9-5-11-26(27)28(21)24/h1-15,29H,16-20H2. The molecule has 0 amide bonds. The Morgan fingerprint density at radius 1 is 0.656 bits per heavy atom. The van der Waals surface area contributed by atoms with Gasteiger partial charge < -0.3 is 0 Å². The van der Waals surface area contributed by atoms with Crippen LogP contribution in [0, 0.1) is 6.04 Å². The van der Waals surface area contributed by atoms with E-state index in [1.54, 1.807) is 0 Å². The molecule has 2 aliphatic rings. The normalized spacial score (nSPS) is 18.3. The first kappa shape index (κ1) is 20.0. The van der Waals surface area contributed by atoms with Crippen LogP contribution in [0.5, 0.6) is 0 Å². The van der Waals surface area contributed by atoms with Gasteiger partial charge in [0.15, 0.2) is 0 Å². The third kappa shape index (κ3) is 3.53. The maximum atomic E-state index is 6.19. The molecule has 4 aromatic rings. The van der Waals surface area contributed by atoms with Crippen molar-refractivity contribution in [3.05, 3.63) is 124 Å². The minimum Gasteiger partial charge on any atom is -0.290 e. The van der Waals surface area contributed by atoms with Gasteiger partial charge >= 0.3 is 0 Å². The predicted molar refractivity (Wildman–Crippen MR) is 133 cm³/mol. The third-order valence-corrected chi connectivity index (χ3v) is 7.27. The number of rotatable bonds is 4. The lowest BCUT2D eigenvalue weighted by Crippen LogP contribution is -2.49. The van der Waals surface area contributed by atoms with Crippen molar-refractivity contribution < 1.29 is 0 Å². The van der Waals surface area contributed by atoms with Crippen molar-refractivity contribution in [3.8, 4) is 0 Å². The topological polar surface area (TPSA) is 6.48 Å². The van der Waals surface area contributed by atoms with Gasteiger partial charge in [-0.15, -0.1) is 0 Å². The summed E-state index contributed by atoms with van der Waals surface area (Å²) >= 11 is 6.19. The van der Waals surface area contributed by atoms with Crippen LogP contribution in [0.25, 0.3) is 10.8 Å². The molecule has 1 saturated heterocycles. The molecule has 4 aromatic carbocycles. The second-order valence-electron chi connectivity index (χ2n) is 8.83. The van der Waals surface area contributed by atoms with Gasteiger partial charge in [0.2, 0.25) is 0 Å². The van der Waals surface area contributed by atoms with Crippen molar-refractivity contribution in [2.45, 2.75) is 12.5 Å². The highest BCUT2D eigenvalue weighted by atomic mass is 35.5. The lowest BCUT2D eigenvalue weighted by Gasteiger charge is -2.41. The fourth-order valence-corrected chi connectivity index (χ4v) is 5.63. The molecule has 1 unspecified atom stereocenters. The van der Waals surface area contributed by atoms with Gasteiger partial charge in [-0.05, 0) is 51.6 Å². The molecule has 2 nitrogen and oxygen atoms in total. The summed E-state index contributed by atoms with van der Waals surface area (Å²) in [6.45, 7) is 4.18. The SMILES string of the molecule is Clc1ccc(C(c2ccccc2)N2CCN([C]3Cc4cccc5cccc3c45)CC2)cc1. The van der Waals surface area contributed by atoms with Crippen LogP contribution in [0.4, 0.5) is 0 Å². The van der Waals surface area contributed by atoms with E-state index in [-0.39, 0.29) is 6.04 Å². The van der Waals surface area contributed by atoms with Gasteiger partial charge in [0, 0.05) is 31.2 Å². The van der Waals surface area contributed by atoms with Gasteiger partial charge in [-0.2, -0.15) is 0 Å². The molecule has 0 bridgehead atoms. The molecule has 1 heterocycles. The van der Waals surface area contributed by atoms with Crippen LogP contribution in [0.2, 0.25) is 5.02 Å². The van der Waals surface area contributed by atoms with Gasteiger partial charge in [-0.1, -0.05) is 90.5 Å². The predicted octanol–water partition coefficient (Wildman–Crippen LogP) is 6.34. The average molecular weight is 438 g/mol. The Labute approximate surface area is 195 Å². The van der Waals surface area contributed by atoms with Crippen molar-refractivity contribution in [3.63, 3.8) is 0 Å². The minimum atomic E-state index is 0.254. The lowest BCUT2D eigenvalue weighted by atomic mass is 9.96. The maximum Gasteiger partial charge on any atom is 0.0740 e. The van der Waals surface area contributed by atoms with Crippen LogP contribution in [0.3, 0.4) is 0 Å². The molecule has 1 aliphatic carbocycles.